The molecule has 0 aliphatic heterocycles. The van der Waals surface area contributed by atoms with Crippen molar-refractivity contribution in [1.29, 1.82) is 0 Å². The zero-order valence-corrected chi connectivity index (χ0v) is 14.1. The van der Waals surface area contributed by atoms with Crippen LogP contribution in [-0.4, -0.2) is 18.1 Å². The lowest BCUT2D eigenvalue weighted by molar-refractivity contribution is 0.178. The van der Waals surface area contributed by atoms with E-state index in [1.54, 1.807) is 0 Å². The summed E-state index contributed by atoms with van der Waals surface area (Å²) in [5.74, 6) is 11.2. The lowest BCUT2D eigenvalue weighted by Gasteiger charge is -2.07. The average molecular weight is 314 g/mol. The van der Waals surface area contributed by atoms with E-state index in [4.69, 9.17) is 9.05 Å². The van der Waals surface area contributed by atoms with Crippen LogP contribution in [0.4, 0.5) is 0 Å². The van der Waals surface area contributed by atoms with Gasteiger partial charge in [-0.25, -0.2) is 4.57 Å². The van der Waals surface area contributed by atoms with E-state index >= 15 is 0 Å². The first-order chi connectivity index (χ1) is 10.1. The van der Waals surface area contributed by atoms with Crippen LogP contribution in [0.1, 0.15) is 65.2 Å². The van der Waals surface area contributed by atoms with Crippen molar-refractivity contribution in [2.75, 3.05) is 13.2 Å². The molecule has 0 rings (SSSR count). The maximum absolute atomic E-state index is 11.5. The summed E-state index contributed by atoms with van der Waals surface area (Å²) in [6, 6.07) is 0. The van der Waals surface area contributed by atoms with E-state index in [1.165, 1.54) is 0 Å². The summed E-state index contributed by atoms with van der Waals surface area (Å²) in [4.78, 5) is 9.37. The van der Waals surface area contributed by atoms with Crippen molar-refractivity contribution >= 4 is 7.82 Å². The van der Waals surface area contributed by atoms with Gasteiger partial charge in [0, 0.05) is 12.8 Å². The fourth-order valence-electron chi connectivity index (χ4n) is 1.47. The highest BCUT2D eigenvalue weighted by atomic mass is 31.2. The quantitative estimate of drug-likeness (QED) is 0.371. The Kier molecular flexibility index (Phi) is 13.7. The minimum Gasteiger partial charge on any atom is -0.302 e. The van der Waals surface area contributed by atoms with Gasteiger partial charge in [0.1, 0.15) is 13.2 Å². The third-order valence-corrected chi connectivity index (χ3v) is 3.57. The first-order valence-corrected chi connectivity index (χ1v) is 9.15. The maximum Gasteiger partial charge on any atom is 0.474 e. The van der Waals surface area contributed by atoms with E-state index in [0.717, 1.165) is 51.4 Å². The van der Waals surface area contributed by atoms with Gasteiger partial charge in [0.25, 0.3) is 0 Å². The fourth-order valence-corrected chi connectivity index (χ4v) is 2.00. The molecule has 0 heterocycles. The Balaban J connectivity index is 3.71. The lowest BCUT2D eigenvalue weighted by Crippen LogP contribution is -1.96. The molecule has 0 spiro atoms. The highest BCUT2D eigenvalue weighted by molar-refractivity contribution is 7.47. The standard InChI is InChI=1S/C16H27O4P/c1-3-5-7-9-11-13-15-19-21(17,18)20-16-14-12-10-8-6-4-2/h3-10,15-16H2,1-2H3,(H,17,18). The number of rotatable bonds is 10. The van der Waals surface area contributed by atoms with Crippen LogP contribution in [0.15, 0.2) is 0 Å². The summed E-state index contributed by atoms with van der Waals surface area (Å²) < 4.78 is 20.9. The van der Waals surface area contributed by atoms with E-state index in [-0.39, 0.29) is 13.2 Å². The Morgan fingerprint density at radius 3 is 1.62 bits per heavy atom. The summed E-state index contributed by atoms with van der Waals surface area (Å²) in [7, 11) is -4.02. The molecule has 0 amide bonds. The zero-order valence-electron chi connectivity index (χ0n) is 13.2. The van der Waals surface area contributed by atoms with Gasteiger partial charge in [0.15, 0.2) is 0 Å². The Labute approximate surface area is 129 Å². The van der Waals surface area contributed by atoms with Crippen LogP contribution >= 0.6 is 7.82 Å². The maximum atomic E-state index is 11.5. The molecule has 0 aromatic heterocycles. The van der Waals surface area contributed by atoms with Gasteiger partial charge < -0.3 is 4.89 Å². The molecule has 0 fully saturated rings. The Morgan fingerprint density at radius 1 is 0.810 bits per heavy atom. The second kappa shape index (κ2) is 14.2. The number of phosphoric ester groups is 1. The van der Waals surface area contributed by atoms with Gasteiger partial charge in [-0.2, -0.15) is 0 Å². The second-order valence-corrected chi connectivity index (χ2v) is 6.09. The highest BCUT2D eigenvalue weighted by Crippen LogP contribution is 2.42. The van der Waals surface area contributed by atoms with Crippen molar-refractivity contribution < 1.29 is 18.5 Å². The molecule has 0 atom stereocenters. The van der Waals surface area contributed by atoms with Crippen LogP contribution in [0, 0.1) is 23.7 Å². The van der Waals surface area contributed by atoms with E-state index in [0.29, 0.717) is 0 Å². The summed E-state index contributed by atoms with van der Waals surface area (Å²) in [5, 5.41) is 0. The minimum atomic E-state index is -4.02. The molecule has 120 valence electrons. The number of phosphoric acid groups is 1. The Hall–Kier alpha value is -0.770. The highest BCUT2D eigenvalue weighted by Gasteiger charge is 2.19. The predicted molar refractivity (Wildman–Crippen MR) is 85.6 cm³/mol. The van der Waals surface area contributed by atoms with Gasteiger partial charge in [-0.1, -0.05) is 51.4 Å². The summed E-state index contributed by atoms with van der Waals surface area (Å²) in [5.41, 5.74) is 0. The molecule has 0 aromatic carbocycles. The lowest BCUT2D eigenvalue weighted by atomic mass is 10.2. The third-order valence-electron chi connectivity index (χ3n) is 2.66. The molecule has 0 saturated carbocycles. The van der Waals surface area contributed by atoms with Crippen LogP contribution in [0.5, 0.6) is 0 Å². The number of hydrogen-bond donors (Lipinski definition) is 1. The van der Waals surface area contributed by atoms with Crippen LogP contribution in [0.3, 0.4) is 0 Å². The van der Waals surface area contributed by atoms with Crippen molar-refractivity contribution in [3.63, 3.8) is 0 Å². The van der Waals surface area contributed by atoms with Crippen molar-refractivity contribution in [1.82, 2.24) is 0 Å². The van der Waals surface area contributed by atoms with Crippen LogP contribution < -0.4 is 0 Å². The molecule has 5 heteroatoms. The van der Waals surface area contributed by atoms with Gasteiger partial charge in [-0.05, 0) is 12.8 Å². The van der Waals surface area contributed by atoms with Crippen LogP contribution in [0.25, 0.3) is 0 Å². The normalized spacial score (nSPS) is 10.4. The second-order valence-electron chi connectivity index (χ2n) is 4.64. The topological polar surface area (TPSA) is 55.8 Å². The molecule has 0 aromatic rings. The molecule has 0 saturated heterocycles. The van der Waals surface area contributed by atoms with Gasteiger partial charge in [-0.15, -0.1) is 11.8 Å². The SMILES string of the molecule is CCCCCC#CCOP(=O)(O)OCC#CCCCCC. The molecule has 0 bridgehead atoms. The third kappa shape index (κ3) is 15.4. The largest absolute Gasteiger partial charge is 0.474 e. The smallest absolute Gasteiger partial charge is 0.302 e. The molecule has 4 nitrogen and oxygen atoms in total. The van der Waals surface area contributed by atoms with Crippen molar-refractivity contribution in [2.45, 2.75) is 65.2 Å². The molecule has 0 aliphatic carbocycles. The summed E-state index contributed by atoms with van der Waals surface area (Å²) >= 11 is 0. The predicted octanol–water partition coefficient (Wildman–Crippen LogP) is 4.29. The van der Waals surface area contributed by atoms with E-state index < -0.39 is 7.82 Å². The summed E-state index contributed by atoms with van der Waals surface area (Å²) in [6.45, 7) is 4.07. The fraction of sp³-hybridized carbons (Fsp3) is 0.750. The van der Waals surface area contributed by atoms with Crippen molar-refractivity contribution in [3.8, 4) is 23.7 Å². The molecule has 0 unspecified atom stereocenters. The average Bonchev–Trinajstić information content (AvgIpc) is 2.45. The van der Waals surface area contributed by atoms with Gasteiger partial charge in [0.2, 0.25) is 0 Å². The molecule has 0 aliphatic rings. The molecular formula is C16H27O4P. The first kappa shape index (κ1) is 20.2. The number of hydrogen-bond acceptors (Lipinski definition) is 3. The number of unbranched alkanes of at least 4 members (excludes halogenated alkanes) is 6. The van der Waals surface area contributed by atoms with Crippen molar-refractivity contribution in [2.24, 2.45) is 0 Å². The van der Waals surface area contributed by atoms with Gasteiger partial charge in [0.05, 0.1) is 0 Å². The van der Waals surface area contributed by atoms with Gasteiger partial charge >= 0.3 is 7.82 Å². The first-order valence-electron chi connectivity index (χ1n) is 7.65. The Bertz CT molecular complexity index is 375. The molecule has 21 heavy (non-hydrogen) atoms. The zero-order chi connectivity index (χ0) is 15.8. The monoisotopic (exact) mass is 314 g/mol. The van der Waals surface area contributed by atoms with E-state index in [2.05, 4.69) is 37.5 Å². The molecular weight excluding hydrogens is 287 g/mol. The molecule has 0 radical (unpaired) electrons. The van der Waals surface area contributed by atoms with E-state index in [1.807, 2.05) is 0 Å². The molecule has 1 N–H and O–H groups in total. The Morgan fingerprint density at radius 2 is 1.24 bits per heavy atom. The van der Waals surface area contributed by atoms with Crippen LogP contribution in [-0.2, 0) is 13.6 Å². The van der Waals surface area contributed by atoms with Crippen LogP contribution in [0.2, 0.25) is 0 Å². The van der Waals surface area contributed by atoms with E-state index in [9.17, 15) is 9.46 Å². The summed E-state index contributed by atoms with van der Waals surface area (Å²) in [6.07, 6.45) is 8.26. The van der Waals surface area contributed by atoms with Crippen molar-refractivity contribution in [3.05, 3.63) is 0 Å². The van der Waals surface area contributed by atoms with Gasteiger partial charge in [-0.3, -0.25) is 9.05 Å². The minimum absolute atomic E-state index is 0.0934.